The quantitative estimate of drug-likeness (QED) is 0.779. The molecule has 108 valence electrons. The maximum atomic E-state index is 6.14. The van der Waals surface area contributed by atoms with E-state index >= 15 is 0 Å². The molecule has 3 heterocycles. The van der Waals surface area contributed by atoms with Crippen LogP contribution in [0.2, 0.25) is 0 Å². The first kappa shape index (κ1) is 13.4. The Balaban J connectivity index is 1.56. The molecule has 6 heteroatoms. The van der Waals surface area contributed by atoms with Gasteiger partial charge in [0.2, 0.25) is 0 Å². The largest absolute Gasteiger partial charge is 0.391 e. The molecule has 20 heavy (non-hydrogen) atoms. The van der Waals surface area contributed by atoms with Crippen LogP contribution >= 0.6 is 0 Å². The van der Waals surface area contributed by atoms with Crippen molar-refractivity contribution in [3.63, 3.8) is 0 Å². The molecule has 0 atom stereocenters. The van der Waals surface area contributed by atoms with Gasteiger partial charge in [0, 0.05) is 38.9 Å². The Morgan fingerprint density at radius 2 is 2.05 bits per heavy atom. The summed E-state index contributed by atoms with van der Waals surface area (Å²) in [6.45, 7) is 6.72. The second-order valence-corrected chi connectivity index (χ2v) is 5.47. The lowest BCUT2D eigenvalue weighted by atomic mass is 10.3. The molecule has 0 amide bonds. The second-order valence-electron chi connectivity index (χ2n) is 5.47. The van der Waals surface area contributed by atoms with E-state index in [9.17, 15) is 0 Å². The summed E-state index contributed by atoms with van der Waals surface area (Å²) in [7, 11) is 2.18. The minimum Gasteiger partial charge on any atom is -0.391 e. The zero-order chi connectivity index (χ0) is 13.9. The number of hydrogen-bond donors (Lipinski definition) is 2. The van der Waals surface area contributed by atoms with Crippen molar-refractivity contribution in [1.29, 1.82) is 0 Å². The van der Waals surface area contributed by atoms with Crippen molar-refractivity contribution in [2.24, 2.45) is 0 Å². The first-order chi connectivity index (χ1) is 9.74. The topological polar surface area (TPSA) is 66.4 Å². The second kappa shape index (κ2) is 5.78. The third kappa shape index (κ3) is 2.77. The summed E-state index contributed by atoms with van der Waals surface area (Å²) in [4.78, 5) is 4.88. The molecule has 0 aromatic carbocycles. The molecule has 1 fully saturated rings. The lowest BCUT2D eigenvalue weighted by Gasteiger charge is -2.31. The molecule has 6 nitrogen and oxygen atoms in total. The monoisotopic (exact) mass is 275 g/mol. The van der Waals surface area contributed by atoms with E-state index in [4.69, 9.17) is 5.73 Å². The molecule has 3 rings (SSSR count). The van der Waals surface area contributed by atoms with E-state index in [-0.39, 0.29) is 0 Å². The van der Waals surface area contributed by atoms with E-state index in [0.29, 0.717) is 0 Å². The van der Waals surface area contributed by atoms with Crippen molar-refractivity contribution >= 4 is 17.0 Å². The van der Waals surface area contributed by atoms with E-state index < -0.39 is 0 Å². The first-order valence-corrected chi connectivity index (χ1v) is 7.21. The zero-order valence-electron chi connectivity index (χ0n) is 12.0. The van der Waals surface area contributed by atoms with Crippen LogP contribution < -0.4 is 11.1 Å². The van der Waals surface area contributed by atoms with Crippen LogP contribution in [0.3, 0.4) is 0 Å². The minimum atomic E-state index is 0.781. The molecule has 2 aromatic heterocycles. The Hall–Kier alpha value is -1.63. The SMILES string of the molecule is CN1CCN(CC[NH2+]c2nn3ccccc3c2N)CC1. The van der Waals surface area contributed by atoms with Gasteiger partial charge in [-0.25, -0.2) is 4.52 Å². The fourth-order valence-corrected chi connectivity index (χ4v) is 2.64. The van der Waals surface area contributed by atoms with Gasteiger partial charge in [-0.3, -0.25) is 10.2 Å². The molecule has 0 radical (unpaired) electrons. The van der Waals surface area contributed by atoms with Crippen molar-refractivity contribution < 1.29 is 5.32 Å². The number of anilines is 1. The molecule has 1 saturated heterocycles. The average molecular weight is 275 g/mol. The molecule has 0 saturated carbocycles. The number of nitrogens with zero attached hydrogens (tertiary/aromatic N) is 4. The van der Waals surface area contributed by atoms with Crippen LogP contribution in [0.5, 0.6) is 0 Å². The number of nitrogen functional groups attached to an aromatic ring is 1. The van der Waals surface area contributed by atoms with Gasteiger partial charge in [0.1, 0.15) is 5.69 Å². The number of likely N-dealkylation sites (N-methyl/N-ethyl adjacent to an activating group) is 1. The highest BCUT2D eigenvalue weighted by Crippen LogP contribution is 2.18. The van der Waals surface area contributed by atoms with Gasteiger partial charge in [0.25, 0.3) is 5.82 Å². The van der Waals surface area contributed by atoms with E-state index in [0.717, 1.165) is 56.3 Å². The average Bonchev–Trinajstić information content (AvgIpc) is 2.78. The van der Waals surface area contributed by atoms with E-state index in [1.54, 1.807) is 0 Å². The molecular formula is C14H23N6+. The van der Waals surface area contributed by atoms with E-state index in [2.05, 4.69) is 27.3 Å². The first-order valence-electron chi connectivity index (χ1n) is 7.21. The summed E-state index contributed by atoms with van der Waals surface area (Å²) in [6, 6.07) is 5.95. The molecule has 4 N–H and O–H groups in total. The van der Waals surface area contributed by atoms with Gasteiger partial charge in [-0.15, -0.1) is 5.10 Å². The van der Waals surface area contributed by atoms with Crippen molar-refractivity contribution in [2.45, 2.75) is 0 Å². The standard InChI is InChI=1S/C14H22N6/c1-18-8-10-19(11-9-18)7-5-16-14-13(15)12-4-2-3-6-20(12)17-14/h2-4,6H,5,7-11,15H2,1H3,(H,16,17)/p+1. The van der Waals surface area contributed by atoms with Crippen LogP contribution in [0.4, 0.5) is 11.5 Å². The van der Waals surface area contributed by atoms with Gasteiger partial charge in [-0.1, -0.05) is 6.07 Å². The highest BCUT2D eigenvalue weighted by molar-refractivity contribution is 5.76. The Morgan fingerprint density at radius 1 is 1.25 bits per heavy atom. The van der Waals surface area contributed by atoms with Gasteiger partial charge in [-0.2, -0.15) is 0 Å². The summed E-state index contributed by atoms with van der Waals surface area (Å²) in [5.41, 5.74) is 7.91. The van der Waals surface area contributed by atoms with Crippen LogP contribution in [0.25, 0.3) is 5.52 Å². The summed E-state index contributed by atoms with van der Waals surface area (Å²) < 4.78 is 1.84. The maximum absolute atomic E-state index is 6.14. The Bertz CT molecular complexity index is 570. The van der Waals surface area contributed by atoms with Crippen molar-refractivity contribution in [2.75, 3.05) is 52.0 Å². The molecule has 1 aliphatic rings. The lowest BCUT2D eigenvalue weighted by Crippen LogP contribution is -2.80. The summed E-state index contributed by atoms with van der Waals surface area (Å²) >= 11 is 0. The normalized spacial score (nSPS) is 17.9. The van der Waals surface area contributed by atoms with E-state index in [1.165, 1.54) is 0 Å². The van der Waals surface area contributed by atoms with Crippen LogP contribution in [0, 0.1) is 0 Å². The van der Waals surface area contributed by atoms with Crippen LogP contribution in [0.15, 0.2) is 24.4 Å². The number of pyridine rings is 1. The van der Waals surface area contributed by atoms with Crippen LogP contribution in [0.1, 0.15) is 0 Å². The number of fused-ring (bicyclic) bond motifs is 1. The third-order valence-corrected chi connectivity index (χ3v) is 3.99. The number of nitrogens with two attached hydrogens (primary N) is 2. The number of rotatable bonds is 4. The van der Waals surface area contributed by atoms with Gasteiger partial charge in [0.15, 0.2) is 0 Å². The van der Waals surface area contributed by atoms with Gasteiger partial charge in [0.05, 0.1) is 12.1 Å². The Morgan fingerprint density at radius 3 is 2.80 bits per heavy atom. The Kier molecular flexibility index (Phi) is 3.86. The summed E-state index contributed by atoms with van der Waals surface area (Å²) in [6.07, 6.45) is 1.93. The van der Waals surface area contributed by atoms with Crippen LogP contribution in [-0.2, 0) is 0 Å². The highest BCUT2D eigenvalue weighted by atomic mass is 15.3. The van der Waals surface area contributed by atoms with Crippen molar-refractivity contribution in [3.05, 3.63) is 24.4 Å². The molecular weight excluding hydrogens is 252 g/mol. The van der Waals surface area contributed by atoms with Crippen LogP contribution in [-0.4, -0.2) is 65.7 Å². The van der Waals surface area contributed by atoms with Gasteiger partial charge in [-0.05, 0) is 19.2 Å². The van der Waals surface area contributed by atoms with Crippen molar-refractivity contribution in [3.8, 4) is 0 Å². The molecule has 2 aromatic rings. The molecule has 0 aliphatic carbocycles. The predicted octanol–water partition coefficient (Wildman–Crippen LogP) is -0.641. The maximum Gasteiger partial charge on any atom is 0.267 e. The van der Waals surface area contributed by atoms with E-state index in [1.807, 2.05) is 28.9 Å². The predicted molar refractivity (Wildman–Crippen MR) is 80.0 cm³/mol. The summed E-state index contributed by atoms with van der Waals surface area (Å²) in [5.74, 6) is 0.908. The van der Waals surface area contributed by atoms with Gasteiger partial charge >= 0.3 is 0 Å². The fraction of sp³-hybridized carbons (Fsp3) is 0.500. The Labute approximate surface area is 119 Å². The molecule has 0 unspecified atom stereocenters. The van der Waals surface area contributed by atoms with Gasteiger partial charge < -0.3 is 10.6 Å². The number of quaternary nitrogens is 1. The fourth-order valence-electron chi connectivity index (χ4n) is 2.64. The summed E-state index contributed by atoms with van der Waals surface area (Å²) in [5, 5.41) is 6.67. The zero-order valence-corrected chi connectivity index (χ0v) is 12.0. The van der Waals surface area contributed by atoms with Crippen molar-refractivity contribution in [1.82, 2.24) is 19.4 Å². The molecule has 0 spiro atoms. The number of aromatic nitrogens is 2. The molecule has 1 aliphatic heterocycles. The third-order valence-electron chi connectivity index (χ3n) is 3.99. The number of piperazine rings is 1. The molecule has 0 bridgehead atoms. The number of hydrogen-bond acceptors (Lipinski definition) is 4. The smallest absolute Gasteiger partial charge is 0.267 e. The highest BCUT2D eigenvalue weighted by Gasteiger charge is 2.16. The minimum absolute atomic E-state index is 0.781. The lowest BCUT2D eigenvalue weighted by molar-refractivity contribution is -0.574.